The Balaban J connectivity index is 1.42. The molecule has 27 heavy (non-hydrogen) atoms. The van der Waals surface area contributed by atoms with Gasteiger partial charge in [0.05, 0.1) is 12.7 Å². The molecule has 1 saturated carbocycles. The van der Waals surface area contributed by atoms with Crippen LogP contribution in [0, 0.1) is 23.1 Å². The summed E-state index contributed by atoms with van der Waals surface area (Å²) in [4.78, 5) is 2.78. The minimum Gasteiger partial charge on any atom is -0.373 e. The summed E-state index contributed by atoms with van der Waals surface area (Å²) in [5, 5.41) is 0. The largest absolute Gasteiger partial charge is 0.373 e. The van der Waals surface area contributed by atoms with E-state index in [1.54, 1.807) is 12.1 Å². The van der Waals surface area contributed by atoms with Crippen LogP contribution in [0.4, 0.5) is 4.39 Å². The van der Waals surface area contributed by atoms with Gasteiger partial charge in [-0.25, -0.2) is 4.39 Å². The van der Waals surface area contributed by atoms with Gasteiger partial charge < -0.3 is 9.64 Å². The first kappa shape index (κ1) is 19.4. The van der Waals surface area contributed by atoms with Crippen molar-refractivity contribution in [3.8, 4) is 0 Å². The topological polar surface area (TPSA) is 12.5 Å². The summed E-state index contributed by atoms with van der Waals surface area (Å²) in [5.74, 6) is 0.932. The lowest BCUT2D eigenvalue weighted by Crippen LogP contribution is -2.50. The van der Waals surface area contributed by atoms with E-state index in [0.29, 0.717) is 17.3 Å². The highest BCUT2D eigenvalue weighted by molar-refractivity contribution is 5.20. The normalized spacial score (nSPS) is 30.1. The van der Waals surface area contributed by atoms with Gasteiger partial charge in [0.15, 0.2) is 0 Å². The van der Waals surface area contributed by atoms with Gasteiger partial charge in [-0.15, -0.1) is 0 Å². The highest BCUT2D eigenvalue weighted by Gasteiger charge is 2.45. The van der Waals surface area contributed by atoms with Crippen LogP contribution in [0.1, 0.15) is 76.9 Å². The van der Waals surface area contributed by atoms with Crippen molar-refractivity contribution in [3.63, 3.8) is 0 Å². The third-order valence-corrected chi connectivity index (χ3v) is 7.63. The molecule has 0 aromatic heterocycles. The first-order chi connectivity index (χ1) is 13.1. The van der Waals surface area contributed by atoms with Crippen LogP contribution >= 0.6 is 0 Å². The van der Waals surface area contributed by atoms with Gasteiger partial charge in [0.25, 0.3) is 0 Å². The summed E-state index contributed by atoms with van der Waals surface area (Å²) in [6.45, 7) is 8.01. The lowest BCUT2D eigenvalue weighted by Gasteiger charge is -2.51. The summed E-state index contributed by atoms with van der Waals surface area (Å²) in [7, 11) is 0. The molecular weight excluding hydrogens is 337 g/mol. The molecule has 0 unspecified atom stereocenters. The molecule has 3 fully saturated rings. The predicted molar refractivity (Wildman–Crippen MR) is 108 cm³/mol. The van der Waals surface area contributed by atoms with Crippen molar-refractivity contribution in [2.45, 2.75) is 77.4 Å². The molecule has 0 bridgehead atoms. The average molecular weight is 374 g/mol. The second-order valence-corrected chi connectivity index (χ2v) is 9.72. The predicted octanol–water partition coefficient (Wildman–Crippen LogP) is 5.97. The van der Waals surface area contributed by atoms with Crippen LogP contribution in [0.5, 0.6) is 0 Å². The first-order valence-corrected chi connectivity index (χ1v) is 11.2. The molecule has 2 nitrogen and oxygen atoms in total. The number of ether oxygens (including phenoxy) is 1. The third kappa shape index (κ3) is 4.24. The summed E-state index contributed by atoms with van der Waals surface area (Å²) in [6.07, 6.45) is 11.0. The fourth-order valence-electron chi connectivity index (χ4n) is 5.80. The van der Waals surface area contributed by atoms with Gasteiger partial charge in [-0.3, -0.25) is 0 Å². The highest BCUT2D eigenvalue weighted by Crippen LogP contribution is 2.50. The van der Waals surface area contributed by atoms with Crippen molar-refractivity contribution in [1.82, 2.24) is 4.90 Å². The van der Waals surface area contributed by atoms with E-state index in [1.165, 1.54) is 64.5 Å². The summed E-state index contributed by atoms with van der Waals surface area (Å²) in [5.41, 5.74) is 1.50. The smallest absolute Gasteiger partial charge is 0.123 e. The van der Waals surface area contributed by atoms with Crippen molar-refractivity contribution >= 4 is 0 Å². The summed E-state index contributed by atoms with van der Waals surface area (Å²) < 4.78 is 19.9. The number of likely N-dealkylation sites (tertiary alicyclic amines) is 1. The van der Waals surface area contributed by atoms with Crippen molar-refractivity contribution in [1.29, 1.82) is 0 Å². The second-order valence-electron chi connectivity index (χ2n) is 9.72. The van der Waals surface area contributed by atoms with Crippen LogP contribution in [-0.2, 0) is 4.74 Å². The fourth-order valence-corrected chi connectivity index (χ4v) is 5.80. The Labute approximate surface area is 164 Å². The molecule has 1 aromatic carbocycles. The van der Waals surface area contributed by atoms with E-state index in [2.05, 4.69) is 18.7 Å². The molecule has 2 saturated heterocycles. The van der Waals surface area contributed by atoms with Gasteiger partial charge in [0.2, 0.25) is 0 Å². The molecule has 4 rings (SSSR count). The van der Waals surface area contributed by atoms with Gasteiger partial charge in [-0.05, 0) is 80.1 Å². The zero-order valence-corrected chi connectivity index (χ0v) is 17.1. The molecule has 3 heteroatoms. The molecule has 0 radical (unpaired) electrons. The quantitative estimate of drug-likeness (QED) is 0.647. The second kappa shape index (κ2) is 8.21. The zero-order valence-electron chi connectivity index (χ0n) is 17.1. The zero-order chi connectivity index (χ0) is 18.9. The molecule has 1 spiro atoms. The average Bonchev–Trinajstić information content (AvgIpc) is 2.70. The lowest BCUT2D eigenvalue weighted by molar-refractivity contribution is -0.134. The van der Waals surface area contributed by atoms with Crippen molar-refractivity contribution in [2.24, 2.45) is 17.3 Å². The maximum atomic E-state index is 13.3. The molecule has 3 aliphatic rings. The Morgan fingerprint density at radius 2 is 1.70 bits per heavy atom. The minimum atomic E-state index is -0.165. The number of hydrogen-bond acceptors (Lipinski definition) is 2. The van der Waals surface area contributed by atoms with E-state index in [4.69, 9.17) is 4.74 Å². The van der Waals surface area contributed by atoms with Crippen molar-refractivity contribution in [2.75, 3.05) is 19.7 Å². The number of piperidine rings is 1. The molecule has 0 amide bonds. The van der Waals surface area contributed by atoms with E-state index in [9.17, 15) is 4.39 Å². The Hall–Kier alpha value is -0.930. The van der Waals surface area contributed by atoms with Crippen LogP contribution in [-0.4, -0.2) is 30.6 Å². The Morgan fingerprint density at radius 1 is 1.04 bits per heavy atom. The monoisotopic (exact) mass is 373 g/mol. The third-order valence-electron chi connectivity index (χ3n) is 7.63. The molecule has 1 aliphatic carbocycles. The number of hydrogen-bond donors (Lipinski definition) is 0. The molecule has 0 N–H and O–H groups in total. The molecule has 2 aliphatic heterocycles. The van der Waals surface area contributed by atoms with Gasteiger partial charge in [-0.1, -0.05) is 45.2 Å². The Kier molecular flexibility index (Phi) is 5.89. The fraction of sp³-hybridized carbons (Fsp3) is 0.750. The van der Waals surface area contributed by atoms with Gasteiger partial charge >= 0.3 is 0 Å². The molecule has 1 aromatic rings. The summed E-state index contributed by atoms with van der Waals surface area (Å²) >= 11 is 0. The molecular formula is C24H36FNO. The van der Waals surface area contributed by atoms with Gasteiger partial charge in [-0.2, -0.15) is 0 Å². The van der Waals surface area contributed by atoms with Crippen LogP contribution in [0.25, 0.3) is 0 Å². The summed E-state index contributed by atoms with van der Waals surface area (Å²) in [6, 6.07) is 7.82. The first-order valence-electron chi connectivity index (χ1n) is 11.2. The van der Waals surface area contributed by atoms with E-state index >= 15 is 0 Å². The maximum absolute atomic E-state index is 13.3. The van der Waals surface area contributed by atoms with Crippen molar-refractivity contribution < 1.29 is 9.13 Å². The standard InChI is InChI=1S/C24H36FNO/c1-18(2)22-16-24(17-27-23(22)19-8-10-20(25)11-9-19)12-14-26(15-13-24)21-6-4-3-5-7-21/h8-11,18,21-23H,3-7,12-17H2,1-2H3/t22-,23-/m0/s1. The SMILES string of the molecule is CC(C)[C@@H]1CC2(CCN(C3CCCCC3)CC2)CO[C@H]1c1ccc(F)cc1. The van der Waals surface area contributed by atoms with E-state index in [-0.39, 0.29) is 11.9 Å². The van der Waals surface area contributed by atoms with E-state index in [1.807, 2.05) is 12.1 Å². The Bertz CT molecular complexity index is 599. The van der Waals surface area contributed by atoms with E-state index in [0.717, 1.165) is 18.2 Å². The maximum Gasteiger partial charge on any atom is 0.123 e. The van der Waals surface area contributed by atoms with Crippen LogP contribution in [0.3, 0.4) is 0 Å². The van der Waals surface area contributed by atoms with Crippen molar-refractivity contribution in [3.05, 3.63) is 35.6 Å². The Morgan fingerprint density at radius 3 is 2.33 bits per heavy atom. The molecule has 150 valence electrons. The van der Waals surface area contributed by atoms with Crippen LogP contribution in [0.15, 0.2) is 24.3 Å². The molecule has 2 atom stereocenters. The van der Waals surface area contributed by atoms with Crippen LogP contribution < -0.4 is 0 Å². The van der Waals surface area contributed by atoms with E-state index < -0.39 is 0 Å². The van der Waals surface area contributed by atoms with Crippen LogP contribution in [0.2, 0.25) is 0 Å². The number of rotatable bonds is 3. The molecule has 2 heterocycles. The van der Waals surface area contributed by atoms with Gasteiger partial charge in [0.1, 0.15) is 5.82 Å². The highest BCUT2D eigenvalue weighted by atomic mass is 19.1. The number of nitrogens with zero attached hydrogens (tertiary/aromatic N) is 1. The minimum absolute atomic E-state index is 0.118. The van der Waals surface area contributed by atoms with Gasteiger partial charge in [0, 0.05) is 6.04 Å². The number of benzene rings is 1. The lowest BCUT2D eigenvalue weighted by atomic mass is 9.66. The number of halogens is 1.